The Kier molecular flexibility index (Phi) is 7.67. The van der Waals surface area contributed by atoms with E-state index < -0.39 is 0 Å². The highest BCUT2D eigenvalue weighted by atomic mass is 32.1. The number of ether oxygens (including phenoxy) is 2. The number of benzene rings is 3. The van der Waals surface area contributed by atoms with E-state index in [2.05, 4.69) is 85.8 Å². The van der Waals surface area contributed by atoms with E-state index >= 15 is 0 Å². The maximum atomic E-state index is 6.11. The molecule has 3 heterocycles. The van der Waals surface area contributed by atoms with Crippen molar-refractivity contribution in [2.75, 3.05) is 12.0 Å². The molecule has 43 heavy (non-hydrogen) atoms. The summed E-state index contributed by atoms with van der Waals surface area (Å²) in [5, 5.41) is 4.26. The zero-order valence-corrected chi connectivity index (χ0v) is 26.2. The summed E-state index contributed by atoms with van der Waals surface area (Å²) in [7, 11) is 1.65. The van der Waals surface area contributed by atoms with Gasteiger partial charge in [-0.3, -0.25) is 4.98 Å². The SMILES string of the molecule is COc1ccc(Oc2ccc(N3C(=S)N[C@@H](c4ccccn4)[C@@H]3c3cc(C)n(-c4c(C)cc(C)cc4C)c3C)cc2)cc1. The van der Waals surface area contributed by atoms with Gasteiger partial charge in [-0.1, -0.05) is 23.8 Å². The number of anilines is 1. The normalized spacial score (nSPS) is 16.3. The van der Waals surface area contributed by atoms with Crippen LogP contribution in [0.5, 0.6) is 17.2 Å². The molecule has 0 radical (unpaired) electrons. The van der Waals surface area contributed by atoms with Gasteiger partial charge in [-0.2, -0.15) is 0 Å². The van der Waals surface area contributed by atoms with Crippen LogP contribution >= 0.6 is 12.2 Å². The van der Waals surface area contributed by atoms with Crippen molar-refractivity contribution < 1.29 is 9.47 Å². The van der Waals surface area contributed by atoms with Crippen molar-refractivity contribution in [2.45, 2.75) is 46.7 Å². The number of nitrogens with one attached hydrogen (secondary N) is 1. The Labute approximate surface area is 258 Å². The molecule has 1 saturated heterocycles. The molecule has 0 aliphatic carbocycles. The molecule has 6 nitrogen and oxygen atoms in total. The smallest absolute Gasteiger partial charge is 0.174 e. The van der Waals surface area contributed by atoms with Crippen LogP contribution in [0.15, 0.2) is 91.1 Å². The van der Waals surface area contributed by atoms with Crippen LogP contribution in [0.3, 0.4) is 0 Å². The summed E-state index contributed by atoms with van der Waals surface area (Å²) in [6.45, 7) is 10.9. The van der Waals surface area contributed by atoms with Gasteiger partial charge < -0.3 is 24.3 Å². The van der Waals surface area contributed by atoms with E-state index in [1.807, 2.05) is 54.7 Å². The van der Waals surface area contributed by atoms with Gasteiger partial charge in [0.1, 0.15) is 17.2 Å². The minimum absolute atomic E-state index is 0.109. The standard InChI is InChI=1S/C36H36N4O2S/c1-22-19-23(2)34(24(3)20-22)39-25(4)21-31(26(39)5)35-33(32-9-7-8-18-37-32)38-36(43)40(35)27-10-12-29(13-11-27)42-30-16-14-28(41-6)15-17-30/h7-21,33,35H,1-6H3,(H,38,43)/t33-,35-/m0/s1. The molecule has 0 saturated carbocycles. The van der Waals surface area contributed by atoms with Gasteiger partial charge >= 0.3 is 0 Å². The van der Waals surface area contributed by atoms with Crippen LogP contribution in [0.4, 0.5) is 5.69 Å². The number of rotatable bonds is 7. The van der Waals surface area contributed by atoms with Crippen molar-refractivity contribution in [1.29, 1.82) is 0 Å². The first-order chi connectivity index (χ1) is 20.7. The van der Waals surface area contributed by atoms with Crippen LogP contribution < -0.4 is 19.7 Å². The molecule has 218 valence electrons. The molecule has 7 heteroatoms. The third-order valence-corrected chi connectivity index (χ3v) is 8.47. The van der Waals surface area contributed by atoms with Crippen molar-refractivity contribution in [3.05, 3.63) is 130 Å². The Hall–Kier alpha value is -4.62. The van der Waals surface area contributed by atoms with E-state index in [1.165, 1.54) is 39.3 Å². The average molecular weight is 589 g/mol. The fourth-order valence-corrected chi connectivity index (χ4v) is 6.71. The molecule has 2 aromatic heterocycles. The zero-order valence-electron chi connectivity index (χ0n) is 25.4. The number of thiocarbonyl (C=S) groups is 1. The number of methoxy groups -OCH3 is 1. The highest BCUT2D eigenvalue weighted by Crippen LogP contribution is 2.44. The molecule has 0 amide bonds. The van der Waals surface area contributed by atoms with Crippen molar-refractivity contribution >= 4 is 23.0 Å². The van der Waals surface area contributed by atoms with Crippen molar-refractivity contribution in [2.24, 2.45) is 0 Å². The lowest BCUT2D eigenvalue weighted by Crippen LogP contribution is -2.29. The predicted octanol–water partition coefficient (Wildman–Crippen LogP) is 8.39. The minimum Gasteiger partial charge on any atom is -0.497 e. The Morgan fingerprint density at radius 1 is 0.791 bits per heavy atom. The second-order valence-corrected chi connectivity index (χ2v) is 11.6. The van der Waals surface area contributed by atoms with Gasteiger partial charge in [-0.05, 0) is 130 Å². The fraction of sp³-hybridized carbons (Fsp3) is 0.222. The van der Waals surface area contributed by atoms with E-state index in [9.17, 15) is 0 Å². The molecular formula is C36H36N4O2S. The average Bonchev–Trinajstić information content (AvgIpc) is 3.49. The lowest BCUT2D eigenvalue weighted by Gasteiger charge is -2.28. The molecule has 0 bridgehead atoms. The summed E-state index contributed by atoms with van der Waals surface area (Å²) in [5.41, 5.74) is 10.5. The summed E-state index contributed by atoms with van der Waals surface area (Å²) in [5.74, 6) is 2.28. The van der Waals surface area contributed by atoms with E-state index in [4.69, 9.17) is 26.7 Å². The molecule has 1 aliphatic heterocycles. The van der Waals surface area contributed by atoms with E-state index in [0.717, 1.165) is 28.6 Å². The van der Waals surface area contributed by atoms with E-state index in [-0.39, 0.29) is 12.1 Å². The largest absolute Gasteiger partial charge is 0.497 e. The lowest BCUT2D eigenvalue weighted by atomic mass is 9.96. The number of hydrogen-bond acceptors (Lipinski definition) is 4. The minimum atomic E-state index is -0.127. The van der Waals surface area contributed by atoms with Crippen LogP contribution in [0, 0.1) is 34.6 Å². The maximum absolute atomic E-state index is 6.11. The summed E-state index contributed by atoms with van der Waals surface area (Å²) in [6, 6.07) is 28.3. The summed E-state index contributed by atoms with van der Waals surface area (Å²) in [6.07, 6.45) is 1.84. The van der Waals surface area contributed by atoms with E-state index in [1.54, 1.807) is 7.11 Å². The first-order valence-electron chi connectivity index (χ1n) is 14.4. The van der Waals surface area contributed by atoms with Crippen LogP contribution in [-0.4, -0.2) is 21.8 Å². The van der Waals surface area contributed by atoms with Gasteiger partial charge in [0, 0.05) is 23.3 Å². The number of pyridine rings is 1. The first-order valence-corrected chi connectivity index (χ1v) is 14.9. The summed E-state index contributed by atoms with van der Waals surface area (Å²) >= 11 is 6.01. The lowest BCUT2D eigenvalue weighted by molar-refractivity contribution is 0.413. The second-order valence-electron chi connectivity index (χ2n) is 11.2. The van der Waals surface area contributed by atoms with E-state index in [0.29, 0.717) is 5.11 Å². The Morgan fingerprint density at radius 2 is 1.42 bits per heavy atom. The highest BCUT2D eigenvalue weighted by molar-refractivity contribution is 7.80. The monoisotopic (exact) mass is 588 g/mol. The van der Waals surface area contributed by atoms with Gasteiger partial charge in [0.15, 0.2) is 5.11 Å². The third-order valence-electron chi connectivity index (χ3n) is 8.16. The Bertz CT molecular complexity index is 1760. The molecular weight excluding hydrogens is 552 g/mol. The van der Waals surface area contributed by atoms with Crippen molar-refractivity contribution in [3.63, 3.8) is 0 Å². The number of hydrogen-bond donors (Lipinski definition) is 1. The molecule has 5 aromatic rings. The Balaban J connectivity index is 1.41. The van der Waals surface area contributed by atoms with Crippen molar-refractivity contribution in [3.8, 4) is 22.9 Å². The van der Waals surface area contributed by atoms with Gasteiger partial charge in [-0.25, -0.2) is 0 Å². The van der Waals surface area contributed by atoms with Crippen LogP contribution in [0.25, 0.3) is 5.69 Å². The van der Waals surface area contributed by atoms with Crippen LogP contribution in [0.1, 0.15) is 51.4 Å². The zero-order chi connectivity index (χ0) is 30.2. The molecule has 1 N–H and O–H groups in total. The van der Waals surface area contributed by atoms with Gasteiger partial charge in [0.2, 0.25) is 0 Å². The Morgan fingerprint density at radius 3 is 2.02 bits per heavy atom. The van der Waals surface area contributed by atoms with Crippen molar-refractivity contribution in [1.82, 2.24) is 14.9 Å². The van der Waals surface area contributed by atoms with Gasteiger partial charge in [0.25, 0.3) is 0 Å². The quantitative estimate of drug-likeness (QED) is 0.193. The summed E-state index contributed by atoms with van der Waals surface area (Å²) in [4.78, 5) is 6.96. The molecule has 6 rings (SSSR count). The van der Waals surface area contributed by atoms with Crippen LogP contribution in [0.2, 0.25) is 0 Å². The maximum Gasteiger partial charge on any atom is 0.174 e. The number of aromatic nitrogens is 2. The number of nitrogens with zero attached hydrogens (tertiary/aromatic N) is 3. The van der Waals surface area contributed by atoms with Crippen LogP contribution in [-0.2, 0) is 0 Å². The first kappa shape index (κ1) is 28.5. The molecule has 3 aromatic carbocycles. The summed E-state index contributed by atoms with van der Waals surface area (Å²) < 4.78 is 13.8. The predicted molar refractivity (Wildman–Crippen MR) is 177 cm³/mol. The molecule has 1 fully saturated rings. The number of aryl methyl sites for hydroxylation is 4. The molecule has 0 spiro atoms. The van der Waals surface area contributed by atoms with Gasteiger partial charge in [0.05, 0.1) is 30.6 Å². The fourth-order valence-electron chi connectivity index (χ4n) is 6.36. The molecule has 1 aliphatic rings. The third kappa shape index (κ3) is 5.37. The molecule has 2 atom stereocenters. The molecule has 0 unspecified atom stereocenters. The topological polar surface area (TPSA) is 51.6 Å². The van der Waals surface area contributed by atoms with Gasteiger partial charge in [-0.15, -0.1) is 0 Å². The highest BCUT2D eigenvalue weighted by Gasteiger charge is 2.42. The second kappa shape index (κ2) is 11.6.